The number of hydrogen-bond donors (Lipinski definition) is 2. The molecule has 2 aromatic heterocycles. The van der Waals surface area contributed by atoms with Crippen molar-refractivity contribution in [2.45, 2.75) is 26.7 Å². The summed E-state index contributed by atoms with van der Waals surface area (Å²) in [5.41, 5.74) is 2.10. The lowest BCUT2D eigenvalue weighted by Gasteiger charge is -2.02. The summed E-state index contributed by atoms with van der Waals surface area (Å²) in [6.45, 7) is 3.40. The molecule has 0 atom stereocenters. The molecular weight excluding hydrogens is 322 g/mol. The Hall–Kier alpha value is -3.16. The topological polar surface area (TPSA) is 106 Å². The number of aryl methyl sites for hydroxylation is 4. The molecule has 0 bridgehead atoms. The third kappa shape index (κ3) is 3.85. The Morgan fingerprint density at radius 2 is 2.00 bits per heavy atom. The number of ether oxygens (including phenoxy) is 1. The highest BCUT2D eigenvalue weighted by Gasteiger charge is 2.19. The van der Waals surface area contributed by atoms with E-state index in [2.05, 4.69) is 25.7 Å². The molecule has 8 nitrogen and oxygen atoms in total. The van der Waals surface area contributed by atoms with E-state index in [4.69, 9.17) is 9.26 Å². The predicted octanol–water partition coefficient (Wildman–Crippen LogP) is 2.46. The number of nitrogens with zero attached hydrogens (tertiary/aromatic N) is 3. The van der Waals surface area contributed by atoms with E-state index in [0.717, 1.165) is 12.2 Å². The SMILES string of the molecule is COc1ccc(CCc2nc(NC(=O)c3c(C)noc3C)n[nH]2)cc1. The number of anilines is 1. The lowest BCUT2D eigenvalue weighted by molar-refractivity contribution is 0.102. The third-order valence-electron chi connectivity index (χ3n) is 3.83. The number of nitrogens with one attached hydrogen (secondary N) is 2. The predicted molar refractivity (Wildman–Crippen MR) is 90.7 cm³/mol. The number of rotatable bonds is 6. The zero-order chi connectivity index (χ0) is 17.8. The fourth-order valence-corrected chi connectivity index (χ4v) is 2.49. The molecule has 0 saturated heterocycles. The van der Waals surface area contributed by atoms with Crippen molar-refractivity contribution < 1.29 is 14.1 Å². The van der Waals surface area contributed by atoms with Gasteiger partial charge >= 0.3 is 0 Å². The van der Waals surface area contributed by atoms with Gasteiger partial charge in [-0.05, 0) is 38.0 Å². The highest BCUT2D eigenvalue weighted by Crippen LogP contribution is 2.15. The molecule has 0 radical (unpaired) electrons. The van der Waals surface area contributed by atoms with Crippen LogP contribution in [-0.2, 0) is 12.8 Å². The van der Waals surface area contributed by atoms with E-state index in [0.29, 0.717) is 29.3 Å². The zero-order valence-corrected chi connectivity index (χ0v) is 14.3. The largest absolute Gasteiger partial charge is 0.497 e. The van der Waals surface area contributed by atoms with Crippen LogP contribution in [0.15, 0.2) is 28.8 Å². The quantitative estimate of drug-likeness (QED) is 0.713. The van der Waals surface area contributed by atoms with Crippen molar-refractivity contribution in [3.05, 3.63) is 52.7 Å². The first kappa shape index (κ1) is 16.7. The maximum Gasteiger partial charge on any atom is 0.263 e. The van der Waals surface area contributed by atoms with Gasteiger partial charge in [0, 0.05) is 6.42 Å². The molecule has 0 fully saturated rings. The van der Waals surface area contributed by atoms with Gasteiger partial charge in [0.1, 0.15) is 22.9 Å². The van der Waals surface area contributed by atoms with Crippen LogP contribution in [0.5, 0.6) is 5.75 Å². The lowest BCUT2D eigenvalue weighted by Crippen LogP contribution is -2.14. The normalized spacial score (nSPS) is 10.7. The van der Waals surface area contributed by atoms with Gasteiger partial charge in [-0.3, -0.25) is 15.2 Å². The molecule has 3 aromatic rings. The van der Waals surface area contributed by atoms with Crippen LogP contribution in [0.2, 0.25) is 0 Å². The van der Waals surface area contributed by atoms with Crippen molar-refractivity contribution in [1.82, 2.24) is 20.3 Å². The number of carbonyl (C=O) groups is 1. The average Bonchev–Trinajstić information content (AvgIpc) is 3.19. The first-order chi connectivity index (χ1) is 12.1. The van der Waals surface area contributed by atoms with E-state index < -0.39 is 0 Å². The van der Waals surface area contributed by atoms with Crippen LogP contribution in [0.4, 0.5) is 5.95 Å². The van der Waals surface area contributed by atoms with Crippen LogP contribution in [0, 0.1) is 13.8 Å². The minimum atomic E-state index is -0.336. The van der Waals surface area contributed by atoms with Crippen molar-refractivity contribution in [2.75, 3.05) is 12.4 Å². The number of methoxy groups -OCH3 is 1. The summed E-state index contributed by atoms with van der Waals surface area (Å²) in [7, 11) is 1.64. The van der Waals surface area contributed by atoms with E-state index in [1.807, 2.05) is 24.3 Å². The molecule has 0 spiro atoms. The van der Waals surface area contributed by atoms with E-state index in [1.54, 1.807) is 21.0 Å². The van der Waals surface area contributed by atoms with Gasteiger partial charge in [-0.25, -0.2) is 0 Å². The number of benzene rings is 1. The summed E-state index contributed by atoms with van der Waals surface area (Å²) < 4.78 is 10.1. The van der Waals surface area contributed by atoms with Crippen molar-refractivity contribution in [3.8, 4) is 5.75 Å². The maximum absolute atomic E-state index is 12.2. The molecule has 1 aromatic carbocycles. The second kappa shape index (κ2) is 7.16. The molecule has 0 aliphatic carbocycles. The molecule has 0 unspecified atom stereocenters. The lowest BCUT2D eigenvalue weighted by atomic mass is 10.1. The Morgan fingerprint density at radius 1 is 1.24 bits per heavy atom. The Morgan fingerprint density at radius 3 is 2.64 bits per heavy atom. The summed E-state index contributed by atoms with van der Waals surface area (Å²) in [5, 5.41) is 13.3. The van der Waals surface area contributed by atoms with Crippen LogP contribution in [0.3, 0.4) is 0 Å². The van der Waals surface area contributed by atoms with Crippen LogP contribution in [-0.4, -0.2) is 33.4 Å². The number of aromatic nitrogens is 4. The van der Waals surface area contributed by atoms with E-state index in [9.17, 15) is 4.79 Å². The second-order valence-electron chi connectivity index (χ2n) is 5.61. The van der Waals surface area contributed by atoms with Gasteiger partial charge in [-0.2, -0.15) is 4.98 Å². The molecule has 130 valence electrons. The Labute approximate surface area is 144 Å². The molecule has 0 aliphatic rings. The van der Waals surface area contributed by atoms with Crippen molar-refractivity contribution in [2.24, 2.45) is 0 Å². The van der Waals surface area contributed by atoms with Crippen molar-refractivity contribution in [3.63, 3.8) is 0 Å². The van der Waals surface area contributed by atoms with Gasteiger partial charge < -0.3 is 9.26 Å². The van der Waals surface area contributed by atoms with E-state index in [1.165, 1.54) is 5.56 Å². The van der Waals surface area contributed by atoms with Crippen LogP contribution >= 0.6 is 0 Å². The van der Waals surface area contributed by atoms with Gasteiger partial charge in [-0.1, -0.05) is 17.3 Å². The molecule has 0 aliphatic heterocycles. The number of H-pyrrole nitrogens is 1. The standard InChI is InChI=1S/C17H19N5O3/c1-10-15(11(2)25-22-10)16(23)19-17-18-14(20-21-17)9-6-12-4-7-13(24-3)8-5-12/h4-5,7-8H,6,9H2,1-3H3,(H2,18,19,20,21,23). The third-order valence-corrected chi connectivity index (χ3v) is 3.83. The summed E-state index contributed by atoms with van der Waals surface area (Å²) in [5.74, 6) is 1.88. The Kier molecular flexibility index (Phi) is 4.78. The van der Waals surface area contributed by atoms with Crippen LogP contribution < -0.4 is 10.1 Å². The maximum atomic E-state index is 12.2. The minimum absolute atomic E-state index is 0.231. The number of amides is 1. The molecule has 2 N–H and O–H groups in total. The minimum Gasteiger partial charge on any atom is -0.497 e. The molecule has 2 heterocycles. The Balaban J connectivity index is 1.59. The first-order valence-electron chi connectivity index (χ1n) is 7.85. The van der Waals surface area contributed by atoms with E-state index in [-0.39, 0.29) is 11.9 Å². The molecule has 1 amide bonds. The van der Waals surface area contributed by atoms with E-state index >= 15 is 0 Å². The van der Waals surface area contributed by atoms with Crippen LogP contribution in [0.25, 0.3) is 0 Å². The molecule has 25 heavy (non-hydrogen) atoms. The van der Waals surface area contributed by atoms with Gasteiger partial charge in [-0.15, -0.1) is 5.10 Å². The smallest absolute Gasteiger partial charge is 0.263 e. The average molecular weight is 341 g/mol. The number of carbonyl (C=O) groups excluding carboxylic acids is 1. The fourth-order valence-electron chi connectivity index (χ4n) is 2.49. The summed E-state index contributed by atoms with van der Waals surface area (Å²) in [6, 6.07) is 7.86. The van der Waals surface area contributed by atoms with Gasteiger partial charge in [0.2, 0.25) is 5.95 Å². The van der Waals surface area contributed by atoms with Gasteiger partial charge in [0.15, 0.2) is 0 Å². The zero-order valence-electron chi connectivity index (χ0n) is 14.3. The molecular formula is C17H19N5O3. The van der Waals surface area contributed by atoms with Gasteiger partial charge in [0.05, 0.1) is 12.8 Å². The second-order valence-corrected chi connectivity index (χ2v) is 5.61. The first-order valence-corrected chi connectivity index (χ1v) is 7.85. The number of aromatic amines is 1. The highest BCUT2D eigenvalue weighted by atomic mass is 16.5. The van der Waals surface area contributed by atoms with Crippen LogP contribution in [0.1, 0.15) is 33.2 Å². The van der Waals surface area contributed by atoms with Crippen molar-refractivity contribution in [1.29, 1.82) is 0 Å². The summed E-state index contributed by atoms with van der Waals surface area (Å²) in [6.07, 6.45) is 1.48. The molecule has 8 heteroatoms. The molecule has 0 saturated carbocycles. The summed E-state index contributed by atoms with van der Waals surface area (Å²) in [4.78, 5) is 16.5. The summed E-state index contributed by atoms with van der Waals surface area (Å²) >= 11 is 0. The van der Waals surface area contributed by atoms with Crippen molar-refractivity contribution >= 4 is 11.9 Å². The van der Waals surface area contributed by atoms with Gasteiger partial charge in [0.25, 0.3) is 5.91 Å². The Bertz CT molecular complexity index is 847. The molecule has 3 rings (SSSR count). The number of hydrogen-bond acceptors (Lipinski definition) is 6. The highest BCUT2D eigenvalue weighted by molar-refractivity contribution is 6.04. The monoisotopic (exact) mass is 341 g/mol. The fraction of sp³-hybridized carbons (Fsp3) is 0.294.